The third-order valence-corrected chi connectivity index (χ3v) is 9.66. The molecule has 3 aliphatic heterocycles. The van der Waals surface area contributed by atoms with Crippen molar-refractivity contribution in [3.63, 3.8) is 0 Å². The zero-order valence-electron chi connectivity index (χ0n) is 21.2. The van der Waals surface area contributed by atoms with Crippen LogP contribution >= 0.6 is 15.9 Å². The van der Waals surface area contributed by atoms with Crippen LogP contribution in [0.15, 0.2) is 65.3 Å². The quantitative estimate of drug-likeness (QED) is 0.468. The molecule has 4 heterocycles. The molecule has 1 aromatic heterocycles. The number of pyridine rings is 1. The molecule has 8 heteroatoms. The van der Waals surface area contributed by atoms with Gasteiger partial charge in [0.25, 0.3) is 0 Å². The third kappa shape index (κ3) is 3.31. The van der Waals surface area contributed by atoms with Crippen LogP contribution in [-0.2, 0) is 22.5 Å². The Bertz CT molecular complexity index is 1340. The van der Waals surface area contributed by atoms with Crippen LogP contribution in [0.25, 0.3) is 0 Å². The van der Waals surface area contributed by atoms with E-state index < -0.39 is 17.3 Å². The largest absolute Gasteiger partial charge is 0.495 e. The average Bonchev–Trinajstić information content (AvgIpc) is 3.43. The van der Waals surface area contributed by atoms with Gasteiger partial charge in [-0.1, -0.05) is 58.4 Å². The van der Waals surface area contributed by atoms with Crippen LogP contribution in [0.3, 0.4) is 0 Å². The Morgan fingerprint density at radius 3 is 2.47 bits per heavy atom. The molecule has 2 saturated heterocycles. The Morgan fingerprint density at radius 2 is 1.79 bits per heavy atom. The van der Waals surface area contributed by atoms with Crippen LogP contribution in [0, 0.1) is 0 Å². The van der Waals surface area contributed by atoms with E-state index in [1.807, 2.05) is 54.6 Å². The van der Waals surface area contributed by atoms with E-state index in [2.05, 4.69) is 20.8 Å². The van der Waals surface area contributed by atoms with Gasteiger partial charge in [-0.05, 0) is 42.5 Å². The monoisotopic (exact) mass is 578 g/mol. The molecule has 1 saturated carbocycles. The minimum absolute atomic E-state index is 0.311. The molecule has 2 bridgehead atoms. The second-order valence-corrected chi connectivity index (χ2v) is 11.8. The maximum Gasteiger partial charge on any atom is 0.176 e. The maximum absolute atomic E-state index is 12.8. The minimum Gasteiger partial charge on any atom is -0.495 e. The summed E-state index contributed by atoms with van der Waals surface area (Å²) in [5, 5.41) is 24.5. The minimum atomic E-state index is -1.75. The summed E-state index contributed by atoms with van der Waals surface area (Å²) in [6.45, 7) is 2.03. The fourth-order valence-corrected chi connectivity index (χ4v) is 7.63. The Balaban J connectivity index is 1.43. The molecule has 4 aliphatic rings. The zero-order valence-corrected chi connectivity index (χ0v) is 22.8. The van der Waals surface area contributed by atoms with Crippen molar-refractivity contribution in [3.8, 4) is 11.5 Å². The molecule has 3 fully saturated rings. The van der Waals surface area contributed by atoms with Crippen molar-refractivity contribution in [2.45, 2.75) is 61.1 Å². The van der Waals surface area contributed by atoms with Crippen molar-refractivity contribution in [2.75, 3.05) is 20.3 Å². The Labute approximate surface area is 230 Å². The van der Waals surface area contributed by atoms with Crippen molar-refractivity contribution < 1.29 is 24.4 Å². The van der Waals surface area contributed by atoms with Gasteiger partial charge < -0.3 is 24.4 Å². The number of halogens is 1. The molecule has 0 amide bonds. The lowest BCUT2D eigenvalue weighted by Crippen LogP contribution is -2.52. The van der Waals surface area contributed by atoms with Crippen molar-refractivity contribution in [2.24, 2.45) is 0 Å². The first-order chi connectivity index (χ1) is 18.5. The molecule has 1 aliphatic carbocycles. The molecular weight excluding hydrogens is 548 g/mol. The maximum atomic E-state index is 12.8. The Kier molecular flexibility index (Phi) is 5.83. The van der Waals surface area contributed by atoms with Gasteiger partial charge in [-0.2, -0.15) is 0 Å². The Morgan fingerprint density at radius 1 is 1.08 bits per heavy atom. The van der Waals surface area contributed by atoms with E-state index in [1.165, 1.54) is 0 Å². The van der Waals surface area contributed by atoms with Gasteiger partial charge in [0.1, 0.15) is 5.75 Å². The van der Waals surface area contributed by atoms with Crippen LogP contribution in [0.4, 0.5) is 0 Å². The van der Waals surface area contributed by atoms with E-state index in [0.717, 1.165) is 47.3 Å². The molecule has 0 spiro atoms. The fourth-order valence-electron chi connectivity index (χ4n) is 7.37. The summed E-state index contributed by atoms with van der Waals surface area (Å²) in [4.78, 5) is 7.26. The SMILES string of the molecule is COc1cnc(CN2[C@@H]3CC[C@H]2COC3)c2c1C1(O)C(O)CC(c3ccccc3)C1(c1ccc(Br)cc1)O2. The standard InChI is InChI=1S/C30H31BrN2O5/c1-36-25-14-32-24(15-33-21-11-12-22(33)17-37-16-21)28-27(25)29(35)26(34)13-23(18-5-3-2-4-6-18)30(29,38-28)19-7-9-20(31)10-8-19/h2-10,14,21-23,26,34-35H,11-13,15-17H2,1H3/t21-,22+,23?,26?,29?,30?. The summed E-state index contributed by atoms with van der Waals surface area (Å²) in [7, 11) is 1.57. The molecule has 7 nitrogen and oxygen atoms in total. The van der Waals surface area contributed by atoms with Gasteiger partial charge in [-0.25, -0.2) is 0 Å². The molecule has 0 radical (unpaired) electrons. The summed E-state index contributed by atoms with van der Waals surface area (Å²) < 4.78 is 19.6. The lowest BCUT2D eigenvalue weighted by Gasteiger charge is -2.40. The number of morpholine rings is 1. The number of nitrogens with zero attached hydrogens (tertiary/aromatic N) is 2. The summed E-state index contributed by atoms with van der Waals surface area (Å²) >= 11 is 3.55. The number of rotatable bonds is 5. The van der Waals surface area contributed by atoms with Crippen LogP contribution in [0.2, 0.25) is 0 Å². The summed E-state index contributed by atoms with van der Waals surface area (Å²) in [6, 6.07) is 18.6. The van der Waals surface area contributed by atoms with Crippen LogP contribution in [-0.4, -0.2) is 58.6 Å². The molecular formula is C30H31BrN2O5. The molecule has 4 unspecified atom stereocenters. The first kappa shape index (κ1) is 24.5. The summed E-state index contributed by atoms with van der Waals surface area (Å²) in [5.74, 6) is 0.623. The van der Waals surface area contributed by atoms with Gasteiger partial charge >= 0.3 is 0 Å². The highest BCUT2D eigenvalue weighted by Gasteiger charge is 2.74. The molecule has 2 N–H and O–H groups in total. The number of hydrogen-bond donors (Lipinski definition) is 2. The van der Waals surface area contributed by atoms with Gasteiger partial charge in [0.05, 0.1) is 43.9 Å². The molecule has 6 atom stereocenters. The molecule has 3 aromatic rings. The molecule has 198 valence electrons. The molecule has 7 rings (SSSR count). The predicted molar refractivity (Wildman–Crippen MR) is 144 cm³/mol. The van der Waals surface area contributed by atoms with Gasteiger partial charge in [-0.3, -0.25) is 9.88 Å². The first-order valence-electron chi connectivity index (χ1n) is 13.3. The van der Waals surface area contributed by atoms with Gasteiger partial charge in [0, 0.05) is 29.0 Å². The second-order valence-electron chi connectivity index (χ2n) is 10.9. The van der Waals surface area contributed by atoms with E-state index in [1.54, 1.807) is 13.3 Å². The van der Waals surface area contributed by atoms with E-state index in [0.29, 0.717) is 42.1 Å². The highest BCUT2D eigenvalue weighted by atomic mass is 79.9. The number of aliphatic hydroxyl groups is 2. The van der Waals surface area contributed by atoms with E-state index in [4.69, 9.17) is 19.2 Å². The fraction of sp³-hybridized carbons (Fsp3) is 0.433. The van der Waals surface area contributed by atoms with Crippen molar-refractivity contribution in [1.82, 2.24) is 9.88 Å². The van der Waals surface area contributed by atoms with E-state index >= 15 is 0 Å². The van der Waals surface area contributed by atoms with Crippen LogP contribution in [0.5, 0.6) is 11.5 Å². The van der Waals surface area contributed by atoms with Gasteiger partial charge in [0.15, 0.2) is 17.0 Å². The van der Waals surface area contributed by atoms with Crippen molar-refractivity contribution >= 4 is 15.9 Å². The Hall–Kier alpha value is -2.49. The smallest absolute Gasteiger partial charge is 0.176 e. The number of methoxy groups -OCH3 is 1. The number of fused-ring (bicyclic) bond motifs is 5. The number of aliphatic hydroxyl groups excluding tert-OH is 1. The van der Waals surface area contributed by atoms with Gasteiger partial charge in [-0.15, -0.1) is 0 Å². The molecule has 38 heavy (non-hydrogen) atoms. The predicted octanol–water partition coefficient (Wildman–Crippen LogP) is 4.24. The lowest BCUT2D eigenvalue weighted by molar-refractivity contribution is -0.150. The zero-order chi connectivity index (χ0) is 26.1. The second kappa shape index (κ2) is 9.03. The van der Waals surface area contributed by atoms with E-state index in [-0.39, 0.29) is 5.92 Å². The van der Waals surface area contributed by atoms with Crippen molar-refractivity contribution in [3.05, 3.63) is 87.7 Å². The van der Waals surface area contributed by atoms with Crippen LogP contribution in [0.1, 0.15) is 47.6 Å². The lowest BCUT2D eigenvalue weighted by atomic mass is 9.71. The number of ether oxygens (including phenoxy) is 3. The first-order valence-corrected chi connectivity index (χ1v) is 14.1. The summed E-state index contributed by atoms with van der Waals surface area (Å²) in [6.07, 6.45) is 3.13. The van der Waals surface area contributed by atoms with Crippen molar-refractivity contribution in [1.29, 1.82) is 0 Å². The topological polar surface area (TPSA) is 84.3 Å². The highest BCUT2D eigenvalue weighted by Crippen LogP contribution is 2.68. The van der Waals surface area contributed by atoms with E-state index in [9.17, 15) is 10.2 Å². The summed E-state index contributed by atoms with van der Waals surface area (Å²) in [5.41, 5.74) is 0.00904. The number of hydrogen-bond acceptors (Lipinski definition) is 7. The number of benzene rings is 2. The molecule has 2 aromatic carbocycles. The van der Waals surface area contributed by atoms with Gasteiger partial charge in [0.2, 0.25) is 0 Å². The number of aromatic nitrogens is 1. The normalized spacial score (nSPS) is 33.6. The third-order valence-electron chi connectivity index (χ3n) is 9.13. The highest BCUT2D eigenvalue weighted by molar-refractivity contribution is 9.10. The van der Waals surface area contributed by atoms with Crippen LogP contribution < -0.4 is 9.47 Å². The average molecular weight is 579 g/mol.